The lowest BCUT2D eigenvalue weighted by Crippen LogP contribution is -2.28. The minimum atomic E-state index is 0.151. The van der Waals surface area contributed by atoms with Gasteiger partial charge in [0, 0.05) is 12.7 Å². The van der Waals surface area contributed by atoms with Crippen LogP contribution in [0, 0.1) is 0 Å². The number of nitrogens with one attached hydrogen (secondary N) is 2. The minimum Gasteiger partial charge on any atom is -0.493 e. The van der Waals surface area contributed by atoms with Crippen molar-refractivity contribution in [3.8, 4) is 11.5 Å². The predicted octanol–water partition coefficient (Wildman–Crippen LogP) is 3.36. The maximum atomic E-state index is 5.68. The van der Waals surface area contributed by atoms with E-state index in [9.17, 15) is 0 Å². The van der Waals surface area contributed by atoms with E-state index in [-0.39, 0.29) is 6.10 Å². The number of rotatable bonds is 6. The second kappa shape index (κ2) is 8.33. The largest absolute Gasteiger partial charge is 0.493 e. The number of hydrogen-bond donors (Lipinski definition) is 2. The number of aromatic nitrogens is 1. The Hall–Kier alpha value is -2.34. The summed E-state index contributed by atoms with van der Waals surface area (Å²) in [5.74, 6) is 2.08. The number of hydrogen-bond acceptors (Lipinski definition) is 4. The average molecular weight is 331 g/mol. The molecule has 0 saturated carbocycles. The maximum Gasteiger partial charge on any atom is 0.174 e. The maximum absolute atomic E-state index is 5.68. The second-order valence-electron chi connectivity index (χ2n) is 5.18. The first-order valence-corrected chi connectivity index (χ1v) is 7.78. The van der Waals surface area contributed by atoms with Gasteiger partial charge in [-0.25, -0.2) is 4.98 Å². The molecule has 0 aliphatic carbocycles. The lowest BCUT2D eigenvalue weighted by Gasteiger charge is -2.13. The Balaban J connectivity index is 1.91. The molecule has 122 valence electrons. The summed E-state index contributed by atoms with van der Waals surface area (Å²) in [4.78, 5) is 4.21. The van der Waals surface area contributed by atoms with Gasteiger partial charge in [0.1, 0.15) is 5.75 Å². The number of thiocarbonyl (C=S) groups is 1. The molecule has 0 aliphatic heterocycles. The molecule has 0 spiro atoms. The highest BCUT2D eigenvalue weighted by Crippen LogP contribution is 2.20. The highest BCUT2D eigenvalue weighted by Gasteiger charge is 2.05. The first-order valence-electron chi connectivity index (χ1n) is 7.38. The highest BCUT2D eigenvalue weighted by atomic mass is 32.1. The van der Waals surface area contributed by atoms with Crippen molar-refractivity contribution < 1.29 is 9.47 Å². The van der Waals surface area contributed by atoms with Gasteiger partial charge in [-0.15, -0.1) is 0 Å². The van der Waals surface area contributed by atoms with E-state index in [1.165, 1.54) is 0 Å². The van der Waals surface area contributed by atoms with Crippen molar-refractivity contribution in [1.82, 2.24) is 10.3 Å². The fourth-order valence-corrected chi connectivity index (χ4v) is 2.15. The van der Waals surface area contributed by atoms with Crippen LogP contribution in [0.3, 0.4) is 0 Å². The summed E-state index contributed by atoms with van der Waals surface area (Å²) < 4.78 is 10.9. The van der Waals surface area contributed by atoms with Crippen LogP contribution in [0.1, 0.15) is 19.4 Å². The third kappa shape index (κ3) is 5.41. The van der Waals surface area contributed by atoms with Gasteiger partial charge in [0.15, 0.2) is 16.7 Å². The van der Waals surface area contributed by atoms with E-state index >= 15 is 0 Å². The van der Waals surface area contributed by atoms with Gasteiger partial charge in [0.05, 0.1) is 13.2 Å². The number of nitrogens with zero attached hydrogens (tertiary/aromatic N) is 1. The quantitative estimate of drug-likeness (QED) is 0.792. The average Bonchev–Trinajstić information content (AvgIpc) is 2.53. The number of benzene rings is 1. The Morgan fingerprint density at radius 1 is 1.26 bits per heavy atom. The van der Waals surface area contributed by atoms with E-state index in [0.717, 1.165) is 11.3 Å². The second-order valence-corrected chi connectivity index (χ2v) is 5.58. The third-order valence-corrected chi connectivity index (χ3v) is 3.19. The van der Waals surface area contributed by atoms with E-state index < -0.39 is 0 Å². The molecule has 23 heavy (non-hydrogen) atoms. The van der Waals surface area contributed by atoms with Gasteiger partial charge < -0.3 is 20.1 Å². The molecule has 0 aliphatic rings. The molecule has 1 aromatic heterocycles. The van der Waals surface area contributed by atoms with Crippen LogP contribution in [0.2, 0.25) is 0 Å². The fraction of sp³-hybridized carbons (Fsp3) is 0.294. The number of ether oxygens (including phenoxy) is 2. The molecule has 0 atom stereocenters. The minimum absolute atomic E-state index is 0.151. The Labute approximate surface area is 142 Å². The molecular weight excluding hydrogens is 310 g/mol. The summed E-state index contributed by atoms with van der Waals surface area (Å²) in [6, 6.07) is 11.6. The van der Waals surface area contributed by atoms with Crippen molar-refractivity contribution in [1.29, 1.82) is 0 Å². The van der Waals surface area contributed by atoms with E-state index in [4.69, 9.17) is 21.7 Å². The standard InChI is InChI=1S/C17H21N3O2S/c1-12(2)22-14-7-4-6-13(10-14)11-19-17(23)20-16-15(21-3)8-5-9-18-16/h4-10,12H,11H2,1-3H3,(H2,18,19,20,23). The highest BCUT2D eigenvalue weighted by molar-refractivity contribution is 7.80. The summed E-state index contributed by atoms with van der Waals surface area (Å²) in [7, 11) is 1.60. The van der Waals surface area contributed by atoms with Crippen LogP contribution in [0.25, 0.3) is 0 Å². The van der Waals surface area contributed by atoms with E-state index in [1.54, 1.807) is 19.4 Å². The van der Waals surface area contributed by atoms with Crippen molar-refractivity contribution in [2.24, 2.45) is 0 Å². The zero-order valence-corrected chi connectivity index (χ0v) is 14.3. The predicted molar refractivity (Wildman–Crippen MR) is 96.1 cm³/mol. The smallest absolute Gasteiger partial charge is 0.174 e. The molecule has 0 unspecified atom stereocenters. The molecular formula is C17H21N3O2S. The monoisotopic (exact) mass is 331 g/mol. The van der Waals surface area contributed by atoms with Gasteiger partial charge in [0.2, 0.25) is 0 Å². The van der Waals surface area contributed by atoms with Crippen LogP contribution >= 0.6 is 12.2 Å². The lowest BCUT2D eigenvalue weighted by atomic mass is 10.2. The molecule has 0 radical (unpaired) electrons. The molecule has 6 heteroatoms. The molecule has 5 nitrogen and oxygen atoms in total. The molecule has 0 saturated heterocycles. The van der Waals surface area contributed by atoms with Crippen LogP contribution in [0.4, 0.5) is 5.82 Å². The number of anilines is 1. The fourth-order valence-electron chi connectivity index (χ4n) is 1.98. The topological polar surface area (TPSA) is 55.4 Å². The van der Waals surface area contributed by atoms with Crippen LogP contribution in [-0.2, 0) is 6.54 Å². The molecule has 0 amide bonds. The van der Waals surface area contributed by atoms with E-state index in [0.29, 0.717) is 23.2 Å². The number of pyridine rings is 1. The van der Waals surface area contributed by atoms with Crippen molar-refractivity contribution >= 4 is 23.1 Å². The molecule has 0 fully saturated rings. The van der Waals surface area contributed by atoms with Crippen LogP contribution in [-0.4, -0.2) is 23.3 Å². The molecule has 2 rings (SSSR count). The Morgan fingerprint density at radius 3 is 2.83 bits per heavy atom. The van der Waals surface area contributed by atoms with Crippen LogP contribution in [0.15, 0.2) is 42.6 Å². The summed E-state index contributed by atoms with van der Waals surface area (Å²) in [6.45, 7) is 4.60. The molecule has 2 N–H and O–H groups in total. The van der Waals surface area contributed by atoms with E-state index in [2.05, 4.69) is 15.6 Å². The van der Waals surface area contributed by atoms with Gasteiger partial charge in [0.25, 0.3) is 0 Å². The summed E-state index contributed by atoms with van der Waals surface area (Å²) in [6.07, 6.45) is 1.83. The SMILES string of the molecule is COc1cccnc1NC(=S)NCc1cccc(OC(C)C)c1. The van der Waals surface area contributed by atoms with Crippen LogP contribution < -0.4 is 20.1 Å². The normalized spacial score (nSPS) is 10.3. The number of methoxy groups -OCH3 is 1. The van der Waals surface area contributed by atoms with Gasteiger partial charge in [-0.05, 0) is 55.9 Å². The van der Waals surface area contributed by atoms with Gasteiger partial charge in [-0.2, -0.15) is 0 Å². The molecule has 0 bridgehead atoms. The third-order valence-electron chi connectivity index (χ3n) is 2.95. The zero-order chi connectivity index (χ0) is 16.7. The van der Waals surface area contributed by atoms with Gasteiger partial charge in [-0.3, -0.25) is 0 Å². The molecule has 1 heterocycles. The van der Waals surface area contributed by atoms with Crippen molar-refractivity contribution in [3.63, 3.8) is 0 Å². The Kier molecular flexibility index (Phi) is 6.17. The van der Waals surface area contributed by atoms with Gasteiger partial charge >= 0.3 is 0 Å². The van der Waals surface area contributed by atoms with Gasteiger partial charge in [-0.1, -0.05) is 12.1 Å². The zero-order valence-electron chi connectivity index (χ0n) is 13.5. The summed E-state index contributed by atoms with van der Waals surface area (Å²) >= 11 is 5.30. The van der Waals surface area contributed by atoms with Crippen molar-refractivity contribution in [2.45, 2.75) is 26.5 Å². The molecule has 2 aromatic rings. The first-order chi connectivity index (χ1) is 11.1. The Bertz CT molecular complexity index is 662. The lowest BCUT2D eigenvalue weighted by molar-refractivity contribution is 0.242. The van der Waals surface area contributed by atoms with E-state index in [1.807, 2.05) is 44.2 Å². The first kappa shape index (κ1) is 17.0. The van der Waals surface area contributed by atoms with Crippen molar-refractivity contribution in [2.75, 3.05) is 12.4 Å². The van der Waals surface area contributed by atoms with Crippen LogP contribution in [0.5, 0.6) is 11.5 Å². The molecule has 1 aromatic carbocycles. The summed E-state index contributed by atoms with van der Waals surface area (Å²) in [5, 5.41) is 6.66. The van der Waals surface area contributed by atoms with Crippen molar-refractivity contribution in [3.05, 3.63) is 48.2 Å². The summed E-state index contributed by atoms with van der Waals surface area (Å²) in [5.41, 5.74) is 1.08. The Morgan fingerprint density at radius 2 is 2.09 bits per heavy atom.